The van der Waals surface area contributed by atoms with Crippen LogP contribution in [-0.2, 0) is 0 Å². The van der Waals surface area contributed by atoms with E-state index in [9.17, 15) is 4.79 Å². The maximum Gasteiger partial charge on any atom is 0.291 e. The second-order valence-corrected chi connectivity index (χ2v) is 5.03. The summed E-state index contributed by atoms with van der Waals surface area (Å²) in [5, 5.41) is 9.58. The molecule has 0 spiro atoms. The summed E-state index contributed by atoms with van der Waals surface area (Å²) < 4.78 is 0. The van der Waals surface area contributed by atoms with Crippen molar-refractivity contribution in [3.8, 4) is 0 Å². The van der Waals surface area contributed by atoms with Crippen LogP contribution in [0.5, 0.6) is 0 Å². The van der Waals surface area contributed by atoms with Crippen molar-refractivity contribution >= 4 is 5.91 Å². The molecule has 1 aliphatic rings. The number of hydrogen-bond acceptors (Lipinski definition) is 3. The van der Waals surface area contributed by atoms with Gasteiger partial charge < -0.3 is 5.32 Å². The number of aromatic amines is 1. The third-order valence-corrected chi connectivity index (χ3v) is 3.39. The molecule has 2 unspecified atom stereocenters. The Balaban J connectivity index is 1.90. The topological polar surface area (TPSA) is 70.7 Å². The standard InChI is InChI=1S/C12H20N4O/c1-8-4-3-5-10(7-6-8)14-12(17)11-13-9(2)15-16-11/h8,10H,3-7H2,1-2H3,(H,14,17)(H,13,15,16). The summed E-state index contributed by atoms with van der Waals surface area (Å²) in [7, 11) is 0. The fraction of sp³-hybridized carbons (Fsp3) is 0.750. The maximum absolute atomic E-state index is 11.9. The van der Waals surface area contributed by atoms with Crippen LogP contribution in [0.25, 0.3) is 0 Å². The Morgan fingerprint density at radius 2 is 2.18 bits per heavy atom. The van der Waals surface area contributed by atoms with Crippen molar-refractivity contribution in [3.05, 3.63) is 11.6 Å². The summed E-state index contributed by atoms with van der Waals surface area (Å²) >= 11 is 0. The van der Waals surface area contributed by atoms with Crippen molar-refractivity contribution in [1.82, 2.24) is 20.5 Å². The highest BCUT2D eigenvalue weighted by Crippen LogP contribution is 2.22. The molecule has 1 aromatic rings. The minimum atomic E-state index is -0.158. The molecular formula is C12H20N4O. The summed E-state index contributed by atoms with van der Waals surface area (Å²) in [6.07, 6.45) is 5.79. The number of carbonyl (C=O) groups excluding carboxylic acids is 1. The van der Waals surface area contributed by atoms with Crippen molar-refractivity contribution in [3.63, 3.8) is 0 Å². The lowest BCUT2D eigenvalue weighted by molar-refractivity contribution is 0.0923. The normalized spacial score (nSPS) is 25.3. The SMILES string of the molecule is Cc1nc(C(=O)NC2CCCC(C)CC2)n[nH]1. The molecule has 94 valence electrons. The number of nitrogens with zero attached hydrogens (tertiary/aromatic N) is 2. The molecule has 1 saturated carbocycles. The van der Waals surface area contributed by atoms with Gasteiger partial charge in [0.2, 0.25) is 5.82 Å². The van der Waals surface area contributed by atoms with Crippen molar-refractivity contribution < 1.29 is 4.79 Å². The monoisotopic (exact) mass is 236 g/mol. The third kappa shape index (κ3) is 3.28. The summed E-state index contributed by atoms with van der Waals surface area (Å²) in [6.45, 7) is 4.07. The average Bonchev–Trinajstić information content (AvgIpc) is 2.62. The first kappa shape index (κ1) is 12.1. The van der Waals surface area contributed by atoms with E-state index in [0.717, 1.165) is 18.8 Å². The first-order valence-corrected chi connectivity index (χ1v) is 6.35. The van der Waals surface area contributed by atoms with Crippen molar-refractivity contribution in [2.24, 2.45) is 5.92 Å². The Kier molecular flexibility index (Phi) is 3.76. The summed E-state index contributed by atoms with van der Waals surface area (Å²) in [5.41, 5.74) is 0. The van der Waals surface area contributed by atoms with Crippen molar-refractivity contribution in [2.75, 3.05) is 0 Å². The highest BCUT2D eigenvalue weighted by Gasteiger charge is 2.20. The van der Waals surface area contributed by atoms with Gasteiger partial charge in [-0.25, -0.2) is 4.98 Å². The van der Waals surface area contributed by atoms with Gasteiger partial charge in [-0.05, 0) is 32.1 Å². The molecule has 0 aromatic carbocycles. The molecule has 2 atom stereocenters. The summed E-state index contributed by atoms with van der Waals surface area (Å²) in [5.74, 6) is 1.54. The van der Waals surface area contributed by atoms with Gasteiger partial charge in [0.25, 0.3) is 5.91 Å². The molecule has 1 amide bonds. The lowest BCUT2D eigenvalue weighted by Gasteiger charge is -2.14. The van der Waals surface area contributed by atoms with E-state index in [1.165, 1.54) is 19.3 Å². The van der Waals surface area contributed by atoms with Gasteiger partial charge in [0.05, 0.1) is 0 Å². The number of rotatable bonds is 2. The zero-order valence-electron chi connectivity index (χ0n) is 10.5. The average molecular weight is 236 g/mol. The number of amides is 1. The van der Waals surface area contributed by atoms with Gasteiger partial charge in [0.15, 0.2) is 0 Å². The smallest absolute Gasteiger partial charge is 0.291 e. The molecule has 0 aliphatic heterocycles. The van der Waals surface area contributed by atoms with Gasteiger partial charge in [-0.3, -0.25) is 9.89 Å². The van der Waals surface area contributed by atoms with Crippen molar-refractivity contribution in [2.45, 2.75) is 52.0 Å². The summed E-state index contributed by atoms with van der Waals surface area (Å²) in [6, 6.07) is 0.284. The Hall–Kier alpha value is -1.39. The minimum Gasteiger partial charge on any atom is -0.347 e. The van der Waals surface area contributed by atoms with E-state index in [-0.39, 0.29) is 17.8 Å². The summed E-state index contributed by atoms with van der Waals surface area (Å²) in [4.78, 5) is 15.9. The Bertz CT molecular complexity index is 388. The van der Waals surface area contributed by atoms with Crippen LogP contribution in [0.2, 0.25) is 0 Å². The van der Waals surface area contributed by atoms with Crippen LogP contribution in [0.4, 0.5) is 0 Å². The number of carbonyl (C=O) groups is 1. The molecule has 1 aromatic heterocycles. The molecule has 0 bridgehead atoms. The molecule has 5 heteroatoms. The van der Waals surface area contributed by atoms with Crippen molar-refractivity contribution in [1.29, 1.82) is 0 Å². The van der Waals surface area contributed by atoms with E-state index in [4.69, 9.17) is 0 Å². The lowest BCUT2D eigenvalue weighted by Crippen LogP contribution is -2.35. The highest BCUT2D eigenvalue weighted by atomic mass is 16.2. The molecular weight excluding hydrogens is 216 g/mol. The molecule has 1 heterocycles. The van der Waals surface area contributed by atoms with E-state index >= 15 is 0 Å². The van der Waals surface area contributed by atoms with Crippen LogP contribution >= 0.6 is 0 Å². The molecule has 2 rings (SSSR count). The van der Waals surface area contributed by atoms with Gasteiger partial charge in [0.1, 0.15) is 5.82 Å². The molecule has 2 N–H and O–H groups in total. The Morgan fingerprint density at radius 1 is 1.35 bits per heavy atom. The van der Waals surface area contributed by atoms with Gasteiger partial charge in [-0.1, -0.05) is 19.8 Å². The fourth-order valence-corrected chi connectivity index (χ4v) is 2.33. The minimum absolute atomic E-state index is 0.158. The Morgan fingerprint density at radius 3 is 2.88 bits per heavy atom. The number of aromatic nitrogens is 3. The highest BCUT2D eigenvalue weighted by molar-refractivity contribution is 5.90. The second kappa shape index (κ2) is 5.29. The number of nitrogens with one attached hydrogen (secondary N) is 2. The maximum atomic E-state index is 11.9. The number of hydrogen-bond donors (Lipinski definition) is 2. The van der Waals surface area contributed by atoms with Crippen LogP contribution in [-0.4, -0.2) is 27.1 Å². The van der Waals surface area contributed by atoms with Crippen LogP contribution < -0.4 is 5.32 Å². The van der Waals surface area contributed by atoms with Gasteiger partial charge in [-0.15, -0.1) is 5.10 Å². The predicted octanol–water partition coefficient (Wildman–Crippen LogP) is 1.81. The van der Waals surface area contributed by atoms with Crippen LogP contribution in [0.1, 0.15) is 55.5 Å². The molecule has 0 radical (unpaired) electrons. The lowest BCUT2D eigenvalue weighted by atomic mass is 10.0. The van der Waals surface area contributed by atoms with Crippen LogP contribution in [0, 0.1) is 12.8 Å². The fourth-order valence-electron chi connectivity index (χ4n) is 2.33. The largest absolute Gasteiger partial charge is 0.347 e. The molecule has 17 heavy (non-hydrogen) atoms. The molecule has 1 fully saturated rings. The first-order valence-electron chi connectivity index (χ1n) is 6.35. The quantitative estimate of drug-likeness (QED) is 0.769. The predicted molar refractivity (Wildman–Crippen MR) is 64.6 cm³/mol. The zero-order chi connectivity index (χ0) is 12.3. The Labute approximate surface area is 101 Å². The van der Waals surface area contributed by atoms with E-state index in [1.54, 1.807) is 6.92 Å². The second-order valence-electron chi connectivity index (χ2n) is 5.03. The molecule has 1 aliphatic carbocycles. The zero-order valence-corrected chi connectivity index (χ0v) is 10.5. The molecule has 5 nitrogen and oxygen atoms in total. The number of H-pyrrole nitrogens is 1. The third-order valence-electron chi connectivity index (χ3n) is 3.39. The van der Waals surface area contributed by atoms with Gasteiger partial charge in [0, 0.05) is 6.04 Å². The first-order chi connectivity index (χ1) is 8.15. The van der Waals surface area contributed by atoms with E-state index < -0.39 is 0 Å². The van der Waals surface area contributed by atoms with Gasteiger partial charge >= 0.3 is 0 Å². The van der Waals surface area contributed by atoms with Crippen LogP contribution in [0.3, 0.4) is 0 Å². The molecule has 0 saturated heterocycles. The van der Waals surface area contributed by atoms with Gasteiger partial charge in [-0.2, -0.15) is 0 Å². The number of aryl methyl sites for hydroxylation is 1. The van der Waals surface area contributed by atoms with E-state index in [2.05, 4.69) is 27.4 Å². The van der Waals surface area contributed by atoms with E-state index in [1.807, 2.05) is 0 Å². The van der Waals surface area contributed by atoms with E-state index in [0.29, 0.717) is 5.82 Å². The van der Waals surface area contributed by atoms with Crippen LogP contribution in [0.15, 0.2) is 0 Å².